The van der Waals surface area contributed by atoms with E-state index < -0.39 is 6.09 Å². The fraction of sp³-hybridized carbons (Fsp3) is 0.864. The number of methoxy groups -OCH3 is 1. The lowest BCUT2D eigenvalue weighted by atomic mass is 9.68. The highest BCUT2D eigenvalue weighted by molar-refractivity contribution is 7.75. The molecule has 0 aromatic rings. The van der Waals surface area contributed by atoms with Crippen molar-refractivity contribution < 1.29 is 27.9 Å². The summed E-state index contributed by atoms with van der Waals surface area (Å²) in [5, 5.41) is 2.90. The Kier molecular flexibility index (Phi) is 7.45. The minimum atomic E-state index is -0.458. The summed E-state index contributed by atoms with van der Waals surface area (Å²) in [4.78, 5) is 12.6. The molecule has 7 nitrogen and oxygen atoms in total. The first kappa shape index (κ1) is 23.9. The molecule has 0 radical (unpaired) electrons. The van der Waals surface area contributed by atoms with E-state index in [-0.39, 0.29) is 47.4 Å². The van der Waals surface area contributed by atoms with Gasteiger partial charge in [0.2, 0.25) is 0 Å². The third-order valence-electron chi connectivity index (χ3n) is 6.86. The van der Waals surface area contributed by atoms with Crippen LogP contribution in [0.5, 0.6) is 0 Å². The Morgan fingerprint density at radius 1 is 1.37 bits per heavy atom. The third-order valence-corrected chi connectivity index (χ3v) is 7.01. The van der Waals surface area contributed by atoms with E-state index in [1.807, 2.05) is 13.8 Å². The van der Waals surface area contributed by atoms with Gasteiger partial charge in [-0.15, -0.1) is 0 Å². The molecular weight excluding hydrogens is 406 g/mol. The molecule has 1 spiro atoms. The van der Waals surface area contributed by atoms with Gasteiger partial charge in [0.1, 0.15) is 23.4 Å². The molecule has 172 valence electrons. The van der Waals surface area contributed by atoms with Crippen molar-refractivity contribution in [3.63, 3.8) is 0 Å². The second-order valence-electron chi connectivity index (χ2n) is 9.61. The fourth-order valence-corrected chi connectivity index (χ4v) is 5.03. The molecular formula is C22H37NO6S. The number of amides is 1. The number of carbonyl (C=O) groups is 1. The predicted octanol–water partition coefficient (Wildman–Crippen LogP) is 3.68. The number of ether oxygens (including phenoxy) is 4. The molecule has 7 atom stereocenters. The summed E-state index contributed by atoms with van der Waals surface area (Å²) in [6, 6.07) is -0.175. The van der Waals surface area contributed by atoms with Crippen molar-refractivity contribution in [2.24, 2.45) is 11.8 Å². The molecule has 1 saturated carbocycles. The van der Waals surface area contributed by atoms with E-state index in [4.69, 9.17) is 23.1 Å². The SMILES string of the molecule is COC1C(OC(=O)N[C@@H](COS)C(C)C)CC[C@]2(CO2)C1[C@@]1(C)O[C@@H]1CC=C(C)C. The molecule has 3 unspecified atom stereocenters. The number of carbonyl (C=O) groups excluding carboxylic acids is 1. The maximum atomic E-state index is 12.6. The van der Waals surface area contributed by atoms with Gasteiger partial charge in [0.05, 0.1) is 31.3 Å². The number of thiol groups is 1. The van der Waals surface area contributed by atoms with E-state index in [2.05, 4.69) is 45.1 Å². The molecule has 1 N–H and O–H groups in total. The minimum Gasteiger partial charge on any atom is -0.443 e. The average molecular weight is 444 g/mol. The van der Waals surface area contributed by atoms with Crippen LogP contribution in [0.4, 0.5) is 4.79 Å². The van der Waals surface area contributed by atoms with Gasteiger partial charge in [-0.25, -0.2) is 4.79 Å². The quantitative estimate of drug-likeness (QED) is 0.245. The molecule has 3 aliphatic rings. The fourth-order valence-electron chi connectivity index (χ4n) is 4.87. The first-order chi connectivity index (χ1) is 14.2. The van der Waals surface area contributed by atoms with Gasteiger partial charge in [-0.1, -0.05) is 25.5 Å². The lowest BCUT2D eigenvalue weighted by molar-refractivity contribution is -0.118. The van der Waals surface area contributed by atoms with Gasteiger partial charge in [0.15, 0.2) is 0 Å². The maximum absolute atomic E-state index is 12.6. The van der Waals surface area contributed by atoms with E-state index >= 15 is 0 Å². The number of alkyl carbamates (subject to hydrolysis) is 1. The first-order valence-corrected chi connectivity index (χ1v) is 11.2. The monoisotopic (exact) mass is 443 g/mol. The molecule has 2 heterocycles. The minimum absolute atomic E-state index is 0.0128. The van der Waals surface area contributed by atoms with E-state index in [1.54, 1.807) is 7.11 Å². The number of allylic oxidation sites excluding steroid dienone is 1. The van der Waals surface area contributed by atoms with Gasteiger partial charge in [-0.3, -0.25) is 0 Å². The van der Waals surface area contributed by atoms with Gasteiger partial charge < -0.3 is 28.4 Å². The summed E-state index contributed by atoms with van der Waals surface area (Å²) in [7, 11) is 1.68. The van der Waals surface area contributed by atoms with E-state index in [1.165, 1.54) is 5.57 Å². The van der Waals surface area contributed by atoms with Crippen LogP contribution < -0.4 is 5.32 Å². The molecule has 0 bridgehead atoms. The largest absolute Gasteiger partial charge is 0.443 e. The first-order valence-electron chi connectivity index (χ1n) is 10.9. The van der Waals surface area contributed by atoms with Gasteiger partial charge >= 0.3 is 6.09 Å². The zero-order chi connectivity index (χ0) is 22.1. The molecule has 1 aliphatic carbocycles. The Bertz CT molecular complexity index is 648. The second-order valence-corrected chi connectivity index (χ2v) is 9.87. The number of nitrogens with one attached hydrogen (secondary N) is 1. The van der Waals surface area contributed by atoms with E-state index in [0.717, 1.165) is 12.8 Å². The summed E-state index contributed by atoms with van der Waals surface area (Å²) in [5.74, 6) is 0.207. The second kappa shape index (κ2) is 9.36. The normalized spacial score (nSPS) is 38.3. The molecule has 30 heavy (non-hydrogen) atoms. The van der Waals surface area contributed by atoms with Crippen molar-refractivity contribution in [1.82, 2.24) is 5.32 Å². The van der Waals surface area contributed by atoms with Gasteiger partial charge in [0.25, 0.3) is 0 Å². The Morgan fingerprint density at radius 2 is 2.07 bits per heavy atom. The number of epoxide rings is 2. The summed E-state index contributed by atoms with van der Waals surface area (Å²) in [6.07, 6.45) is 3.63. The van der Waals surface area contributed by atoms with Crippen LogP contribution in [0.2, 0.25) is 0 Å². The van der Waals surface area contributed by atoms with Crippen LogP contribution in [0.3, 0.4) is 0 Å². The van der Waals surface area contributed by atoms with Crippen LogP contribution in [0.25, 0.3) is 0 Å². The average Bonchev–Trinajstić information content (AvgIpc) is 3.58. The summed E-state index contributed by atoms with van der Waals surface area (Å²) in [5.41, 5.74) is 0.702. The molecule has 3 rings (SSSR count). The number of rotatable bonds is 9. The molecule has 0 aromatic heterocycles. The van der Waals surface area contributed by atoms with Crippen LogP contribution in [0.1, 0.15) is 53.9 Å². The van der Waals surface area contributed by atoms with E-state index in [9.17, 15) is 4.79 Å². The number of hydrogen-bond donors (Lipinski definition) is 2. The summed E-state index contributed by atoms with van der Waals surface area (Å²) in [6.45, 7) is 11.4. The smallest absolute Gasteiger partial charge is 0.407 e. The standard InChI is InChI=1S/C22H37NO6S/c1-13(2)7-8-17-21(5,29-17)19-18(25-6)16(9-10-22(19)12-26-22)28-20(24)23-15(11-27-30)14(3)4/h7,14-19,30H,8-12H2,1-6H3,(H,23,24)/t15-,16?,17+,18?,19?,21-,22-/m0/s1. The Labute approximate surface area is 185 Å². The Hall–Kier alpha value is -0.800. The molecule has 2 saturated heterocycles. The Morgan fingerprint density at radius 3 is 2.60 bits per heavy atom. The van der Waals surface area contributed by atoms with Gasteiger partial charge in [-0.05, 0) is 58.9 Å². The van der Waals surface area contributed by atoms with Crippen molar-refractivity contribution >= 4 is 19.0 Å². The van der Waals surface area contributed by atoms with Crippen molar-refractivity contribution in [3.05, 3.63) is 11.6 Å². The van der Waals surface area contributed by atoms with Crippen LogP contribution in [0, 0.1) is 11.8 Å². The molecule has 1 amide bonds. The third kappa shape index (κ3) is 4.99. The predicted molar refractivity (Wildman–Crippen MR) is 116 cm³/mol. The highest BCUT2D eigenvalue weighted by Crippen LogP contribution is 2.59. The van der Waals surface area contributed by atoms with E-state index in [0.29, 0.717) is 19.6 Å². The highest BCUT2D eigenvalue weighted by Gasteiger charge is 2.72. The molecule has 8 heteroatoms. The number of hydrogen-bond acceptors (Lipinski definition) is 7. The van der Waals surface area contributed by atoms with Crippen molar-refractivity contribution in [2.75, 3.05) is 20.3 Å². The summed E-state index contributed by atoms with van der Waals surface area (Å²) < 4.78 is 28.8. The van der Waals surface area contributed by atoms with Crippen LogP contribution in [-0.4, -0.2) is 62.0 Å². The van der Waals surface area contributed by atoms with Crippen molar-refractivity contribution in [3.8, 4) is 0 Å². The van der Waals surface area contributed by atoms with Crippen molar-refractivity contribution in [1.29, 1.82) is 0 Å². The van der Waals surface area contributed by atoms with Crippen LogP contribution in [-0.2, 0) is 23.1 Å². The Balaban J connectivity index is 1.69. The van der Waals surface area contributed by atoms with Gasteiger partial charge in [0, 0.05) is 7.11 Å². The zero-order valence-corrected chi connectivity index (χ0v) is 19.9. The highest BCUT2D eigenvalue weighted by atomic mass is 32.1. The van der Waals surface area contributed by atoms with Crippen LogP contribution >= 0.6 is 12.9 Å². The lowest BCUT2D eigenvalue weighted by Crippen LogP contribution is -2.56. The lowest BCUT2D eigenvalue weighted by Gasteiger charge is -2.42. The molecule has 2 aliphatic heterocycles. The molecule has 3 fully saturated rings. The van der Waals surface area contributed by atoms with Gasteiger partial charge in [-0.2, -0.15) is 0 Å². The topological polar surface area (TPSA) is 81.9 Å². The summed E-state index contributed by atoms with van der Waals surface area (Å²) >= 11 is 3.81. The van der Waals surface area contributed by atoms with Crippen LogP contribution in [0.15, 0.2) is 11.6 Å². The van der Waals surface area contributed by atoms with Crippen molar-refractivity contribution in [2.45, 2.75) is 89.4 Å². The molecule has 0 aromatic carbocycles. The zero-order valence-electron chi connectivity index (χ0n) is 19.0. The maximum Gasteiger partial charge on any atom is 0.407 e.